The molecule has 8 aromatic heterocycles. The largest absolute Gasteiger partial charge is 0.309 e. The second kappa shape index (κ2) is 26.5. The van der Waals surface area contributed by atoms with Crippen molar-refractivity contribution in [1.29, 1.82) is 0 Å². The minimum atomic E-state index is 0.583. The Morgan fingerprint density at radius 3 is 0.947 bits per heavy atom. The molecule has 0 spiro atoms. The van der Waals surface area contributed by atoms with Gasteiger partial charge in [-0.3, -0.25) is 9.13 Å². The van der Waals surface area contributed by atoms with E-state index < -0.39 is 0 Å². The van der Waals surface area contributed by atoms with Crippen LogP contribution in [0.3, 0.4) is 0 Å². The maximum atomic E-state index is 5.26. The molecule has 16 aromatic carbocycles. The third kappa shape index (κ3) is 10.6. The molecular formula is C103H63N9S2. The van der Waals surface area contributed by atoms with E-state index >= 15 is 0 Å². The van der Waals surface area contributed by atoms with Gasteiger partial charge in [-0.15, -0.1) is 22.7 Å². The van der Waals surface area contributed by atoms with E-state index in [0.29, 0.717) is 23.5 Å². The van der Waals surface area contributed by atoms with E-state index in [1.807, 2.05) is 95.5 Å². The first-order chi connectivity index (χ1) is 56.5. The zero-order valence-electron chi connectivity index (χ0n) is 61.2. The lowest BCUT2D eigenvalue weighted by molar-refractivity contribution is 0.953. The van der Waals surface area contributed by atoms with Gasteiger partial charge >= 0.3 is 0 Å². The number of benzene rings is 16. The molecular weight excluding hydrogens is 1430 g/mol. The third-order valence-electron chi connectivity index (χ3n) is 22.5. The fraction of sp³-hybridized carbons (Fsp3) is 0. The number of hydrogen-bond acceptors (Lipinski definition) is 7. The minimum absolute atomic E-state index is 0.583. The van der Waals surface area contributed by atoms with Crippen LogP contribution in [0.25, 0.3) is 218 Å². The number of nitrogens with zero attached hydrogens (tertiary/aromatic N) is 9. The van der Waals surface area contributed by atoms with Gasteiger partial charge in [-0.05, 0) is 138 Å². The van der Waals surface area contributed by atoms with Crippen LogP contribution < -0.4 is 0 Å². The number of rotatable bonds is 10. The molecule has 0 unspecified atom stereocenters. The molecule has 0 radical (unpaired) electrons. The van der Waals surface area contributed by atoms with Gasteiger partial charge in [-0.25, -0.2) is 15.0 Å². The lowest BCUT2D eigenvalue weighted by atomic mass is 9.98. The first-order valence-corrected chi connectivity index (χ1v) is 40.0. The maximum absolute atomic E-state index is 5.26. The monoisotopic (exact) mass is 1490 g/mol. The molecule has 0 bridgehead atoms. The van der Waals surface area contributed by atoms with Gasteiger partial charge in [0.15, 0.2) is 11.6 Å². The van der Waals surface area contributed by atoms with Crippen molar-refractivity contribution in [2.45, 2.75) is 0 Å². The van der Waals surface area contributed by atoms with Crippen LogP contribution in [0.4, 0.5) is 0 Å². The molecule has 0 fully saturated rings. The van der Waals surface area contributed by atoms with Crippen LogP contribution in [0.2, 0.25) is 0 Å². The predicted octanol–water partition coefficient (Wildman–Crippen LogP) is 27.5. The number of aromatic nitrogens is 9. The lowest BCUT2D eigenvalue weighted by Crippen LogP contribution is -2.06. The molecule has 0 N–H and O–H groups in total. The Bertz CT molecular complexity index is 7400. The maximum Gasteiger partial charge on any atom is 0.238 e. The van der Waals surface area contributed by atoms with Crippen molar-refractivity contribution in [1.82, 2.24) is 43.2 Å². The van der Waals surface area contributed by atoms with Gasteiger partial charge in [-0.2, -0.15) is 9.97 Å². The van der Waals surface area contributed by atoms with E-state index in [1.54, 1.807) is 0 Å². The standard InChI is InChI=1S/C52H32N4S.C51H31N5S/c1-3-14-33(15-4-1)43-32-44(34-16-5-2-6-17-34)54-52(53-43)56-46-23-11-8-20-40(46)51-37(21-13-24-48(51)56)35-26-28-47-41(30-35)38-18-7-10-22-45(38)55(47)36-27-29-50-42(31-36)39-19-9-12-25-49(39)57-50;1-3-14-32(15-4-1)49-52-50(33-16-5-2-6-17-33)54-51(53-49)56-43-23-11-8-20-39(43)48-36(21-13-24-45(48)56)34-26-28-44-40(30-34)37-18-7-10-22-42(37)55(44)35-27-29-47-41(31-35)38-19-9-12-25-46(38)57-47/h1-32H;1-31H. The Labute approximate surface area is 661 Å². The number of para-hydroxylation sites is 4. The molecule has 8 heterocycles. The molecule has 0 atom stereocenters. The Balaban J connectivity index is 0.000000135. The third-order valence-corrected chi connectivity index (χ3v) is 24.8. The van der Waals surface area contributed by atoms with Crippen LogP contribution in [0.1, 0.15) is 0 Å². The highest BCUT2D eigenvalue weighted by molar-refractivity contribution is 7.26. The minimum Gasteiger partial charge on any atom is -0.309 e. The predicted molar refractivity (Wildman–Crippen MR) is 478 cm³/mol. The van der Waals surface area contributed by atoms with Crippen molar-refractivity contribution in [2.75, 3.05) is 0 Å². The molecule has 532 valence electrons. The Kier molecular flexibility index (Phi) is 15.1. The van der Waals surface area contributed by atoms with Crippen molar-refractivity contribution in [3.63, 3.8) is 0 Å². The van der Waals surface area contributed by atoms with Gasteiger partial charge in [0.1, 0.15) is 0 Å². The summed E-state index contributed by atoms with van der Waals surface area (Å²) < 4.78 is 14.5. The summed E-state index contributed by atoms with van der Waals surface area (Å²) in [6, 6.07) is 136. The molecule has 24 rings (SSSR count). The molecule has 0 aliphatic rings. The average Bonchev–Trinajstić information content (AvgIpc) is 1.58. The Hall–Kier alpha value is -14.8. The second-order valence-corrected chi connectivity index (χ2v) is 31.2. The van der Waals surface area contributed by atoms with E-state index in [-0.39, 0.29) is 0 Å². The number of hydrogen-bond donors (Lipinski definition) is 0. The topological polar surface area (TPSA) is 84.2 Å². The summed E-state index contributed by atoms with van der Waals surface area (Å²) in [4.78, 5) is 25.8. The van der Waals surface area contributed by atoms with Crippen LogP contribution in [0, 0.1) is 0 Å². The number of thiophene rings is 2. The fourth-order valence-corrected chi connectivity index (χ4v) is 19.6. The summed E-state index contributed by atoms with van der Waals surface area (Å²) in [6.45, 7) is 0. The van der Waals surface area contributed by atoms with Crippen LogP contribution in [-0.2, 0) is 0 Å². The van der Waals surface area contributed by atoms with Gasteiger partial charge in [0.25, 0.3) is 0 Å². The SMILES string of the molecule is c1ccc(-c2cc(-c3ccccc3)nc(-n3c4ccccc4c4c(-c5ccc6c(c5)c5ccccc5n6-c5ccc6sc7ccccc7c6c5)cccc43)n2)cc1.c1ccc(-c2nc(-c3ccccc3)nc(-n3c4ccccc4c4c(-c5ccc6c(c5)c5ccccc5n6-c5ccc6sc7ccccc7c6c5)cccc43)n2)cc1. The molecule has 0 aliphatic carbocycles. The summed E-state index contributed by atoms with van der Waals surface area (Å²) in [7, 11) is 0. The Morgan fingerprint density at radius 1 is 0.184 bits per heavy atom. The zero-order chi connectivity index (χ0) is 74.9. The molecule has 24 aromatic rings. The first kappa shape index (κ1) is 65.2. The highest BCUT2D eigenvalue weighted by Gasteiger charge is 2.25. The van der Waals surface area contributed by atoms with Crippen LogP contribution >= 0.6 is 22.7 Å². The van der Waals surface area contributed by atoms with Crippen molar-refractivity contribution >= 4 is 150 Å². The van der Waals surface area contributed by atoms with E-state index in [1.165, 1.54) is 106 Å². The quantitative estimate of drug-likeness (QED) is 0.136. The highest BCUT2D eigenvalue weighted by Crippen LogP contribution is 2.46. The molecule has 0 saturated carbocycles. The lowest BCUT2D eigenvalue weighted by Gasteiger charge is -2.12. The van der Waals surface area contributed by atoms with Crippen molar-refractivity contribution in [3.8, 4) is 90.8 Å². The molecule has 114 heavy (non-hydrogen) atoms. The summed E-state index contributed by atoms with van der Waals surface area (Å²) >= 11 is 3.71. The van der Waals surface area contributed by atoms with Crippen LogP contribution in [0.15, 0.2) is 382 Å². The smallest absolute Gasteiger partial charge is 0.238 e. The summed E-state index contributed by atoms with van der Waals surface area (Å²) in [5, 5.41) is 14.8. The van der Waals surface area contributed by atoms with Crippen LogP contribution in [-0.4, -0.2) is 43.2 Å². The van der Waals surface area contributed by atoms with Crippen molar-refractivity contribution < 1.29 is 0 Å². The first-order valence-electron chi connectivity index (χ1n) is 38.4. The van der Waals surface area contributed by atoms with Crippen molar-refractivity contribution in [2.24, 2.45) is 0 Å². The Morgan fingerprint density at radius 2 is 0.518 bits per heavy atom. The molecule has 9 nitrogen and oxygen atoms in total. The fourth-order valence-electron chi connectivity index (χ4n) is 17.4. The van der Waals surface area contributed by atoms with Gasteiger partial charge in [0.05, 0.1) is 55.5 Å². The van der Waals surface area contributed by atoms with Gasteiger partial charge < -0.3 is 9.13 Å². The molecule has 0 saturated heterocycles. The van der Waals surface area contributed by atoms with Gasteiger partial charge in [0.2, 0.25) is 11.9 Å². The summed E-state index contributed by atoms with van der Waals surface area (Å²) in [6.07, 6.45) is 0. The van der Waals surface area contributed by atoms with Crippen LogP contribution in [0.5, 0.6) is 0 Å². The normalized spacial score (nSPS) is 11.9. The second-order valence-electron chi connectivity index (χ2n) is 29.0. The van der Waals surface area contributed by atoms with Gasteiger partial charge in [-0.1, -0.05) is 267 Å². The van der Waals surface area contributed by atoms with Crippen molar-refractivity contribution in [3.05, 3.63) is 382 Å². The molecule has 0 aliphatic heterocycles. The van der Waals surface area contributed by atoms with E-state index in [2.05, 4.69) is 328 Å². The average molecular weight is 1490 g/mol. The van der Waals surface area contributed by atoms with Gasteiger partial charge in [0, 0.05) is 117 Å². The molecule has 0 amide bonds. The van der Waals surface area contributed by atoms with E-state index in [0.717, 1.165) is 88.7 Å². The summed E-state index contributed by atoms with van der Waals surface area (Å²) in [5.41, 5.74) is 21.7. The molecule has 11 heteroatoms. The highest BCUT2D eigenvalue weighted by atomic mass is 32.1. The number of fused-ring (bicyclic) bond motifs is 18. The van der Waals surface area contributed by atoms with E-state index in [4.69, 9.17) is 24.9 Å². The summed E-state index contributed by atoms with van der Waals surface area (Å²) in [5.74, 6) is 2.50. The zero-order valence-corrected chi connectivity index (χ0v) is 62.8. The van der Waals surface area contributed by atoms with E-state index in [9.17, 15) is 0 Å².